The molecule has 0 spiro atoms. The van der Waals surface area contributed by atoms with Crippen LogP contribution in [0, 0.1) is 5.92 Å². The number of halogens is 1. The third-order valence-corrected chi connectivity index (χ3v) is 2.83. The Hall–Kier alpha value is -1.08. The van der Waals surface area contributed by atoms with Crippen LogP contribution in [0.5, 0.6) is 0 Å². The first kappa shape index (κ1) is 13.0. The molecule has 0 saturated heterocycles. The molecular formula is C14H17ClO. The van der Waals surface area contributed by atoms with Gasteiger partial charge in [0.05, 0.1) is 0 Å². The van der Waals surface area contributed by atoms with Gasteiger partial charge in [0.25, 0.3) is 0 Å². The maximum atomic E-state index is 11.7. The molecule has 0 aliphatic carbocycles. The average molecular weight is 237 g/mol. The van der Waals surface area contributed by atoms with Crippen molar-refractivity contribution < 1.29 is 4.79 Å². The third kappa shape index (κ3) is 4.19. The number of Topliss-reactive ketones (excluding diaryl/α,β-unsaturated/α-hetero) is 1. The fourth-order valence-corrected chi connectivity index (χ4v) is 1.42. The van der Waals surface area contributed by atoms with E-state index in [9.17, 15) is 4.79 Å². The number of hydrogen-bond acceptors (Lipinski definition) is 1. The van der Waals surface area contributed by atoms with Crippen molar-refractivity contribution in [3.05, 3.63) is 47.0 Å². The monoisotopic (exact) mass is 236 g/mol. The van der Waals surface area contributed by atoms with E-state index < -0.39 is 0 Å². The molecule has 0 heterocycles. The van der Waals surface area contributed by atoms with Gasteiger partial charge in [0.15, 0.2) is 5.78 Å². The highest BCUT2D eigenvalue weighted by atomic mass is 35.5. The normalized spacial score (nSPS) is 12.9. The van der Waals surface area contributed by atoms with Gasteiger partial charge in [-0.25, -0.2) is 0 Å². The summed E-state index contributed by atoms with van der Waals surface area (Å²) in [7, 11) is 0. The molecule has 0 bridgehead atoms. The summed E-state index contributed by atoms with van der Waals surface area (Å²) in [6, 6.07) is 7.02. The van der Waals surface area contributed by atoms with Crippen LogP contribution < -0.4 is 0 Å². The van der Waals surface area contributed by atoms with E-state index in [4.69, 9.17) is 11.6 Å². The lowest BCUT2D eigenvalue weighted by Gasteiger charge is -2.00. The quantitative estimate of drug-likeness (QED) is 0.543. The van der Waals surface area contributed by atoms with Gasteiger partial charge in [-0.15, -0.1) is 0 Å². The molecule has 1 atom stereocenters. The summed E-state index contributed by atoms with van der Waals surface area (Å²) in [6.45, 7) is 4.28. The van der Waals surface area contributed by atoms with E-state index in [0.717, 1.165) is 12.0 Å². The standard InChI is InChI=1S/C14H17ClO/c1-3-11(2)5-4-6-14(16)12-7-9-13(15)10-8-12/h4-5,7-11H,3,6H2,1-2H3/b5-4+. The molecule has 1 rings (SSSR count). The molecule has 1 nitrogen and oxygen atoms in total. The summed E-state index contributed by atoms with van der Waals surface area (Å²) in [5.74, 6) is 0.675. The molecule has 0 amide bonds. The van der Waals surface area contributed by atoms with Crippen LogP contribution in [0.4, 0.5) is 0 Å². The summed E-state index contributed by atoms with van der Waals surface area (Å²) >= 11 is 5.76. The Morgan fingerprint density at radius 3 is 2.56 bits per heavy atom. The first-order valence-electron chi connectivity index (χ1n) is 5.59. The van der Waals surface area contributed by atoms with Gasteiger partial charge in [-0.1, -0.05) is 44.0 Å². The predicted molar refractivity (Wildman–Crippen MR) is 69.0 cm³/mol. The van der Waals surface area contributed by atoms with Crippen LogP contribution >= 0.6 is 11.6 Å². The minimum absolute atomic E-state index is 0.135. The van der Waals surface area contributed by atoms with Crippen molar-refractivity contribution in [1.29, 1.82) is 0 Å². The van der Waals surface area contributed by atoms with Crippen molar-refractivity contribution in [2.24, 2.45) is 5.92 Å². The summed E-state index contributed by atoms with van der Waals surface area (Å²) < 4.78 is 0. The molecule has 16 heavy (non-hydrogen) atoms. The van der Waals surface area contributed by atoms with Gasteiger partial charge in [0.2, 0.25) is 0 Å². The van der Waals surface area contributed by atoms with Gasteiger partial charge in [-0.05, 0) is 30.2 Å². The van der Waals surface area contributed by atoms with Gasteiger partial charge in [0.1, 0.15) is 0 Å². The number of carbonyl (C=O) groups excluding carboxylic acids is 1. The van der Waals surface area contributed by atoms with E-state index >= 15 is 0 Å². The predicted octanol–water partition coefficient (Wildman–Crippen LogP) is 4.52. The fourth-order valence-electron chi connectivity index (χ4n) is 1.30. The topological polar surface area (TPSA) is 17.1 Å². The van der Waals surface area contributed by atoms with Crippen molar-refractivity contribution in [1.82, 2.24) is 0 Å². The van der Waals surface area contributed by atoms with E-state index in [1.54, 1.807) is 24.3 Å². The van der Waals surface area contributed by atoms with Crippen LogP contribution in [0.1, 0.15) is 37.0 Å². The van der Waals surface area contributed by atoms with E-state index in [2.05, 4.69) is 19.9 Å². The maximum Gasteiger partial charge on any atom is 0.166 e. The van der Waals surface area contributed by atoms with E-state index in [1.807, 2.05) is 6.08 Å². The number of hydrogen-bond donors (Lipinski definition) is 0. The molecule has 0 fully saturated rings. The minimum atomic E-state index is 0.135. The van der Waals surface area contributed by atoms with Crippen LogP contribution in [-0.4, -0.2) is 5.78 Å². The van der Waals surface area contributed by atoms with Crippen molar-refractivity contribution in [2.75, 3.05) is 0 Å². The largest absolute Gasteiger partial charge is 0.294 e. The Balaban J connectivity index is 2.53. The molecular weight excluding hydrogens is 220 g/mol. The second kappa shape index (κ2) is 6.49. The fraction of sp³-hybridized carbons (Fsp3) is 0.357. The molecule has 1 aromatic rings. The Labute approximate surface area is 102 Å². The Bertz CT molecular complexity index is 365. The van der Waals surface area contributed by atoms with Crippen LogP contribution in [-0.2, 0) is 0 Å². The number of allylic oxidation sites excluding steroid dienone is 2. The first-order chi connectivity index (χ1) is 7.63. The van der Waals surface area contributed by atoms with Crippen LogP contribution in [0.25, 0.3) is 0 Å². The minimum Gasteiger partial charge on any atom is -0.294 e. The van der Waals surface area contributed by atoms with Crippen LogP contribution in [0.2, 0.25) is 5.02 Å². The van der Waals surface area contributed by atoms with Crippen molar-refractivity contribution in [3.63, 3.8) is 0 Å². The van der Waals surface area contributed by atoms with Gasteiger partial charge in [-0.3, -0.25) is 4.79 Å². The molecule has 1 unspecified atom stereocenters. The molecule has 86 valence electrons. The average Bonchev–Trinajstić information content (AvgIpc) is 2.29. The lowest BCUT2D eigenvalue weighted by atomic mass is 10.1. The Kier molecular flexibility index (Phi) is 5.27. The Morgan fingerprint density at radius 1 is 1.38 bits per heavy atom. The highest BCUT2D eigenvalue weighted by molar-refractivity contribution is 6.30. The van der Waals surface area contributed by atoms with E-state index in [1.165, 1.54) is 0 Å². The zero-order chi connectivity index (χ0) is 12.0. The number of benzene rings is 1. The van der Waals surface area contributed by atoms with Gasteiger partial charge < -0.3 is 0 Å². The molecule has 0 aromatic heterocycles. The zero-order valence-electron chi connectivity index (χ0n) is 9.74. The second-order valence-electron chi connectivity index (χ2n) is 3.95. The lowest BCUT2D eigenvalue weighted by Crippen LogP contribution is -1.96. The SMILES string of the molecule is CCC(C)/C=C/CC(=O)c1ccc(Cl)cc1. The van der Waals surface area contributed by atoms with Crippen molar-refractivity contribution in [2.45, 2.75) is 26.7 Å². The smallest absolute Gasteiger partial charge is 0.166 e. The van der Waals surface area contributed by atoms with Gasteiger partial charge >= 0.3 is 0 Å². The number of carbonyl (C=O) groups is 1. The molecule has 1 aromatic carbocycles. The van der Waals surface area contributed by atoms with E-state index in [-0.39, 0.29) is 5.78 Å². The molecule has 2 heteroatoms. The summed E-state index contributed by atoms with van der Waals surface area (Å²) in [5, 5.41) is 0.659. The second-order valence-corrected chi connectivity index (χ2v) is 4.38. The molecule has 0 aliphatic rings. The highest BCUT2D eigenvalue weighted by Gasteiger charge is 2.03. The highest BCUT2D eigenvalue weighted by Crippen LogP contribution is 2.11. The number of rotatable bonds is 5. The van der Waals surface area contributed by atoms with Crippen molar-refractivity contribution in [3.8, 4) is 0 Å². The summed E-state index contributed by atoms with van der Waals surface area (Å²) in [4.78, 5) is 11.7. The van der Waals surface area contributed by atoms with Gasteiger partial charge in [0, 0.05) is 17.0 Å². The molecule has 0 aliphatic heterocycles. The van der Waals surface area contributed by atoms with Crippen LogP contribution in [0.3, 0.4) is 0 Å². The first-order valence-corrected chi connectivity index (χ1v) is 5.96. The summed E-state index contributed by atoms with van der Waals surface area (Å²) in [5.41, 5.74) is 0.721. The molecule has 0 radical (unpaired) electrons. The molecule has 0 N–H and O–H groups in total. The zero-order valence-corrected chi connectivity index (χ0v) is 10.5. The van der Waals surface area contributed by atoms with E-state index in [0.29, 0.717) is 17.4 Å². The van der Waals surface area contributed by atoms with Crippen LogP contribution in [0.15, 0.2) is 36.4 Å². The van der Waals surface area contributed by atoms with Crippen molar-refractivity contribution >= 4 is 17.4 Å². The van der Waals surface area contributed by atoms with Gasteiger partial charge in [-0.2, -0.15) is 0 Å². The molecule has 0 saturated carbocycles. The maximum absolute atomic E-state index is 11.7. The summed E-state index contributed by atoms with van der Waals surface area (Å²) in [6.07, 6.45) is 5.61. The third-order valence-electron chi connectivity index (χ3n) is 2.58. The number of ketones is 1. The lowest BCUT2D eigenvalue weighted by molar-refractivity contribution is 0.0995. The Morgan fingerprint density at radius 2 is 2.00 bits per heavy atom.